The Balaban J connectivity index is 1.61. The molecule has 2 heterocycles. The Kier molecular flexibility index (Phi) is 4.73. The van der Waals surface area contributed by atoms with Gasteiger partial charge in [-0.1, -0.05) is 36.7 Å². The molecule has 1 aliphatic heterocycles. The molecule has 1 atom stereocenters. The number of hydrazone groups is 1. The van der Waals surface area contributed by atoms with Crippen molar-refractivity contribution in [3.05, 3.63) is 64.9 Å². The SMILES string of the molecule is CC1CC(=O)NN=C1c1ccc2c(NCc3cccc(Cl)c3)ncnc2c1. The lowest BCUT2D eigenvalue weighted by Crippen LogP contribution is -2.31. The van der Waals surface area contributed by atoms with Crippen LogP contribution in [-0.2, 0) is 11.3 Å². The van der Waals surface area contributed by atoms with Crippen LogP contribution in [0.5, 0.6) is 0 Å². The normalized spacial score (nSPS) is 16.7. The third-order valence-electron chi connectivity index (χ3n) is 4.54. The van der Waals surface area contributed by atoms with E-state index in [2.05, 4.69) is 25.8 Å². The van der Waals surface area contributed by atoms with Gasteiger partial charge in [0.05, 0.1) is 11.2 Å². The number of rotatable bonds is 4. The van der Waals surface area contributed by atoms with Gasteiger partial charge in [0, 0.05) is 34.9 Å². The molecule has 136 valence electrons. The van der Waals surface area contributed by atoms with E-state index in [0.717, 1.165) is 33.6 Å². The fourth-order valence-corrected chi connectivity index (χ4v) is 3.41. The van der Waals surface area contributed by atoms with Gasteiger partial charge in [0.2, 0.25) is 5.91 Å². The van der Waals surface area contributed by atoms with Crippen molar-refractivity contribution in [2.75, 3.05) is 5.32 Å². The minimum Gasteiger partial charge on any atom is -0.365 e. The predicted octanol–water partition coefficient (Wildman–Crippen LogP) is 3.76. The van der Waals surface area contributed by atoms with Crippen molar-refractivity contribution in [3.63, 3.8) is 0 Å². The average Bonchev–Trinajstić information content (AvgIpc) is 2.66. The molecular formula is C20H18ClN5O. The van der Waals surface area contributed by atoms with Crippen molar-refractivity contribution in [3.8, 4) is 0 Å². The highest BCUT2D eigenvalue weighted by atomic mass is 35.5. The van der Waals surface area contributed by atoms with E-state index in [9.17, 15) is 4.79 Å². The van der Waals surface area contributed by atoms with E-state index in [1.807, 2.05) is 49.4 Å². The summed E-state index contributed by atoms with van der Waals surface area (Å²) in [5, 5.41) is 9.20. The number of aromatic nitrogens is 2. The average molecular weight is 380 g/mol. The quantitative estimate of drug-likeness (QED) is 0.723. The Labute approximate surface area is 161 Å². The first kappa shape index (κ1) is 17.4. The van der Waals surface area contributed by atoms with Crippen LogP contribution >= 0.6 is 11.6 Å². The monoisotopic (exact) mass is 379 g/mol. The van der Waals surface area contributed by atoms with Crippen molar-refractivity contribution in [2.24, 2.45) is 11.0 Å². The molecule has 6 nitrogen and oxygen atoms in total. The molecule has 0 saturated carbocycles. The van der Waals surface area contributed by atoms with Crippen LogP contribution in [0.4, 0.5) is 5.82 Å². The molecule has 1 aromatic heterocycles. The predicted molar refractivity (Wildman–Crippen MR) is 107 cm³/mol. The summed E-state index contributed by atoms with van der Waals surface area (Å²) in [6.45, 7) is 2.62. The molecular weight excluding hydrogens is 362 g/mol. The number of fused-ring (bicyclic) bond motifs is 1. The molecule has 2 N–H and O–H groups in total. The van der Waals surface area contributed by atoms with E-state index in [-0.39, 0.29) is 11.8 Å². The number of hydrogen-bond acceptors (Lipinski definition) is 5. The Morgan fingerprint density at radius 1 is 1.22 bits per heavy atom. The lowest BCUT2D eigenvalue weighted by atomic mass is 9.93. The van der Waals surface area contributed by atoms with Crippen LogP contribution in [0.15, 0.2) is 53.9 Å². The summed E-state index contributed by atoms with van der Waals surface area (Å²) in [5.74, 6) is 0.777. The van der Waals surface area contributed by atoms with Gasteiger partial charge in [-0.2, -0.15) is 5.10 Å². The van der Waals surface area contributed by atoms with Gasteiger partial charge in [0.25, 0.3) is 0 Å². The van der Waals surface area contributed by atoms with Gasteiger partial charge in [0.15, 0.2) is 0 Å². The summed E-state index contributed by atoms with van der Waals surface area (Å²) in [5.41, 5.74) is 6.27. The number of anilines is 1. The standard InChI is InChI=1S/C20H18ClN5O/c1-12-7-18(27)25-26-19(12)14-5-6-16-17(9-14)23-11-24-20(16)22-10-13-3-2-4-15(21)8-13/h2-6,8-9,11-12H,7,10H2,1H3,(H,25,27)(H,22,23,24). The van der Waals surface area contributed by atoms with Gasteiger partial charge in [-0.3, -0.25) is 4.79 Å². The molecule has 1 aliphatic rings. The maximum Gasteiger partial charge on any atom is 0.240 e. The molecule has 0 saturated heterocycles. The van der Waals surface area contributed by atoms with E-state index in [1.165, 1.54) is 0 Å². The summed E-state index contributed by atoms with van der Waals surface area (Å²) >= 11 is 6.04. The number of amides is 1. The molecule has 0 fully saturated rings. The molecule has 0 spiro atoms. The van der Waals surface area contributed by atoms with Crippen LogP contribution in [0.2, 0.25) is 5.02 Å². The minimum absolute atomic E-state index is 0.0538. The first-order valence-corrected chi connectivity index (χ1v) is 9.08. The van der Waals surface area contributed by atoms with Crippen molar-refractivity contribution in [2.45, 2.75) is 19.9 Å². The summed E-state index contributed by atoms with van der Waals surface area (Å²) in [6, 6.07) is 13.7. The molecule has 2 aromatic carbocycles. The van der Waals surface area contributed by atoms with Crippen LogP contribution in [0.25, 0.3) is 10.9 Å². The zero-order valence-electron chi connectivity index (χ0n) is 14.7. The second-order valence-corrected chi connectivity index (χ2v) is 7.01. The summed E-state index contributed by atoms with van der Waals surface area (Å²) in [4.78, 5) is 20.2. The van der Waals surface area contributed by atoms with Gasteiger partial charge in [-0.05, 0) is 29.8 Å². The van der Waals surface area contributed by atoms with E-state index in [0.29, 0.717) is 18.0 Å². The number of benzene rings is 2. The van der Waals surface area contributed by atoms with Crippen LogP contribution in [0.3, 0.4) is 0 Å². The number of nitrogens with zero attached hydrogens (tertiary/aromatic N) is 3. The number of carbonyl (C=O) groups is 1. The molecule has 1 unspecified atom stereocenters. The Morgan fingerprint density at radius 2 is 2.11 bits per heavy atom. The van der Waals surface area contributed by atoms with Crippen molar-refractivity contribution < 1.29 is 4.79 Å². The van der Waals surface area contributed by atoms with Crippen LogP contribution in [-0.4, -0.2) is 21.6 Å². The fourth-order valence-electron chi connectivity index (χ4n) is 3.19. The van der Waals surface area contributed by atoms with E-state index in [4.69, 9.17) is 11.6 Å². The number of halogens is 1. The number of carbonyl (C=O) groups excluding carboxylic acids is 1. The van der Waals surface area contributed by atoms with Crippen molar-refractivity contribution in [1.29, 1.82) is 0 Å². The molecule has 4 rings (SSSR count). The van der Waals surface area contributed by atoms with E-state index >= 15 is 0 Å². The molecule has 27 heavy (non-hydrogen) atoms. The van der Waals surface area contributed by atoms with Gasteiger partial charge < -0.3 is 5.32 Å². The maximum atomic E-state index is 11.5. The van der Waals surface area contributed by atoms with Crippen LogP contribution in [0, 0.1) is 5.92 Å². The Morgan fingerprint density at radius 3 is 2.93 bits per heavy atom. The lowest BCUT2D eigenvalue weighted by molar-refractivity contribution is -0.121. The molecule has 0 bridgehead atoms. The van der Waals surface area contributed by atoms with Gasteiger partial charge in [0.1, 0.15) is 12.1 Å². The Bertz CT molecular complexity index is 1050. The molecule has 3 aromatic rings. The summed E-state index contributed by atoms with van der Waals surface area (Å²) < 4.78 is 0. The first-order chi connectivity index (χ1) is 13.1. The highest BCUT2D eigenvalue weighted by Gasteiger charge is 2.22. The van der Waals surface area contributed by atoms with Crippen LogP contribution < -0.4 is 10.7 Å². The number of nitrogens with one attached hydrogen (secondary N) is 2. The lowest BCUT2D eigenvalue weighted by Gasteiger charge is -2.19. The highest BCUT2D eigenvalue weighted by molar-refractivity contribution is 6.30. The van der Waals surface area contributed by atoms with Gasteiger partial charge in [-0.25, -0.2) is 15.4 Å². The zero-order chi connectivity index (χ0) is 18.8. The maximum absolute atomic E-state index is 11.5. The molecule has 0 aliphatic carbocycles. The third kappa shape index (κ3) is 3.75. The van der Waals surface area contributed by atoms with Crippen LogP contribution in [0.1, 0.15) is 24.5 Å². The smallest absolute Gasteiger partial charge is 0.240 e. The van der Waals surface area contributed by atoms with Gasteiger partial charge >= 0.3 is 0 Å². The van der Waals surface area contributed by atoms with E-state index in [1.54, 1.807) is 6.33 Å². The zero-order valence-corrected chi connectivity index (χ0v) is 15.5. The molecule has 7 heteroatoms. The fraction of sp³-hybridized carbons (Fsp3) is 0.200. The van der Waals surface area contributed by atoms with Crippen molar-refractivity contribution >= 4 is 39.9 Å². The topological polar surface area (TPSA) is 79.3 Å². The minimum atomic E-state index is -0.0538. The second kappa shape index (κ2) is 7.32. The largest absolute Gasteiger partial charge is 0.365 e. The van der Waals surface area contributed by atoms with Crippen molar-refractivity contribution in [1.82, 2.24) is 15.4 Å². The second-order valence-electron chi connectivity index (χ2n) is 6.57. The Hall–Kier alpha value is -2.99. The molecule has 1 amide bonds. The first-order valence-electron chi connectivity index (χ1n) is 8.70. The summed E-state index contributed by atoms with van der Waals surface area (Å²) in [7, 11) is 0. The highest BCUT2D eigenvalue weighted by Crippen LogP contribution is 2.24. The summed E-state index contributed by atoms with van der Waals surface area (Å²) in [6.07, 6.45) is 1.98. The molecule has 0 radical (unpaired) electrons. The van der Waals surface area contributed by atoms with E-state index < -0.39 is 0 Å². The number of hydrogen-bond donors (Lipinski definition) is 2. The third-order valence-corrected chi connectivity index (χ3v) is 4.78. The van der Waals surface area contributed by atoms with Gasteiger partial charge in [-0.15, -0.1) is 0 Å².